The van der Waals surface area contributed by atoms with Crippen LogP contribution in [0.15, 0.2) is 414 Å². The summed E-state index contributed by atoms with van der Waals surface area (Å²) in [6.45, 7) is 0. The van der Waals surface area contributed by atoms with Gasteiger partial charge in [0.05, 0.1) is 0 Å². The molecule has 0 aliphatic carbocycles. The molecule has 0 aliphatic heterocycles. The Morgan fingerprint density at radius 3 is 0.990 bits per heavy atom. The number of benzene rings is 18. The number of para-hydroxylation sites is 4. The van der Waals surface area contributed by atoms with Crippen LogP contribution >= 0.6 is 15.9 Å². The fourth-order valence-electron chi connectivity index (χ4n) is 14.7. The molecule has 0 saturated heterocycles. The third-order valence-corrected chi connectivity index (χ3v) is 20.6. The van der Waals surface area contributed by atoms with Crippen LogP contribution in [-0.4, -0.2) is 0 Å². The summed E-state index contributed by atoms with van der Waals surface area (Å²) >= 11 is 3.43. The van der Waals surface area contributed by atoms with Gasteiger partial charge in [0, 0.05) is 65.6 Å². The molecule has 0 unspecified atom stereocenters. The van der Waals surface area contributed by atoms with E-state index in [1.165, 1.54) is 87.6 Å². The molecule has 0 bridgehead atoms. The van der Waals surface area contributed by atoms with Crippen molar-refractivity contribution < 1.29 is 8.83 Å². The fourth-order valence-corrected chi connectivity index (χ4v) is 15.1. The lowest BCUT2D eigenvalue weighted by atomic mass is 9.96. The van der Waals surface area contributed by atoms with Crippen molar-refractivity contribution in [2.45, 2.75) is 0 Å². The number of anilines is 5. The highest BCUT2D eigenvalue weighted by molar-refractivity contribution is 9.10. The Kier molecular flexibility index (Phi) is 17.2. The van der Waals surface area contributed by atoms with Crippen LogP contribution in [0.1, 0.15) is 0 Å². The molecule has 105 heavy (non-hydrogen) atoms. The monoisotopic (exact) mass is 1410 g/mol. The predicted octanol–water partition coefficient (Wildman–Crippen LogP) is 29.4. The summed E-state index contributed by atoms with van der Waals surface area (Å²) < 4.78 is 13.8. The molecule has 0 saturated carbocycles. The van der Waals surface area contributed by atoms with Crippen LogP contribution in [0.4, 0.5) is 28.4 Å². The van der Waals surface area contributed by atoms with Gasteiger partial charge >= 0.3 is 0 Å². The lowest BCUT2D eigenvalue weighted by Gasteiger charge is -2.26. The summed E-state index contributed by atoms with van der Waals surface area (Å²) in [5, 5.41) is 18.2. The third kappa shape index (κ3) is 12.9. The lowest BCUT2D eigenvalue weighted by molar-refractivity contribution is 0.669. The van der Waals surface area contributed by atoms with Crippen molar-refractivity contribution in [3.63, 3.8) is 0 Å². The van der Waals surface area contributed by atoms with Crippen LogP contribution < -0.4 is 10.2 Å². The van der Waals surface area contributed by atoms with Gasteiger partial charge < -0.3 is 19.1 Å². The molecule has 20 aromatic rings. The van der Waals surface area contributed by atoms with Gasteiger partial charge in [-0.15, -0.1) is 0 Å². The van der Waals surface area contributed by atoms with Gasteiger partial charge in [-0.25, -0.2) is 0 Å². The Labute approximate surface area is 617 Å². The van der Waals surface area contributed by atoms with E-state index < -0.39 is 0 Å². The smallest absolute Gasteiger partial charge is 0.143 e. The molecule has 1 N–H and O–H groups in total. The number of hydrogen-bond acceptors (Lipinski definition) is 4. The summed E-state index contributed by atoms with van der Waals surface area (Å²) in [5.74, 6) is 0. The number of nitrogens with one attached hydrogen (secondary N) is 1. The highest BCUT2D eigenvalue weighted by Gasteiger charge is 2.18. The Balaban J connectivity index is 0.000000132. The topological polar surface area (TPSA) is 41.6 Å². The van der Waals surface area contributed by atoms with E-state index in [9.17, 15) is 0 Å². The van der Waals surface area contributed by atoms with Gasteiger partial charge in [-0.05, 0) is 184 Å². The molecular formula is C100H67BrN2O2. The second kappa shape index (κ2) is 28.2. The Bertz CT molecular complexity index is 6530. The van der Waals surface area contributed by atoms with Crippen molar-refractivity contribution in [1.29, 1.82) is 0 Å². The number of hydrogen-bond donors (Lipinski definition) is 1. The van der Waals surface area contributed by atoms with E-state index in [1.807, 2.05) is 24.3 Å². The standard InChI is InChI=1S/C50H33NO.C40H27NO.C10H7Br/c1-2-11-40-33-43(32-25-34(40)9-1)51(42-30-26-39(27-31-42)46-16-8-17-48-47-14-5-6-18-49(47)52-50(46)48)41-28-23-36(24-29-41)35-19-21-38(22-20-35)45-15-7-12-37-10-3-4-13-44(37)45;1-2-9-34-29(7-1)8-5-11-35(34)30-17-15-27(16-18-30)28-19-23-32(24-20-28)41-33-25-21-31(22-26-33)36-12-6-13-38-37-10-3-4-14-39(37)42-40(36)38;11-10-6-5-8-3-1-2-4-9(8)7-10/h1-33H;1-26,41H;1-7H. The summed E-state index contributed by atoms with van der Waals surface area (Å²) in [7, 11) is 0. The van der Waals surface area contributed by atoms with Crippen LogP contribution in [0.2, 0.25) is 0 Å². The first kappa shape index (κ1) is 63.8. The van der Waals surface area contributed by atoms with E-state index in [0.29, 0.717) is 0 Å². The number of furan rings is 2. The van der Waals surface area contributed by atoms with E-state index in [4.69, 9.17) is 8.83 Å². The molecule has 0 radical (unpaired) electrons. The number of rotatable bonds is 11. The van der Waals surface area contributed by atoms with Gasteiger partial charge in [-0.2, -0.15) is 0 Å². The van der Waals surface area contributed by atoms with E-state index in [1.54, 1.807) is 0 Å². The molecule has 0 atom stereocenters. The largest absolute Gasteiger partial charge is 0.455 e. The molecule has 18 aromatic carbocycles. The van der Waals surface area contributed by atoms with E-state index in [0.717, 1.165) is 99.0 Å². The van der Waals surface area contributed by atoms with E-state index in [-0.39, 0.29) is 0 Å². The molecule has 0 spiro atoms. The first-order valence-electron chi connectivity index (χ1n) is 35.5. The van der Waals surface area contributed by atoms with Gasteiger partial charge in [-0.3, -0.25) is 0 Å². The highest BCUT2D eigenvalue weighted by Crippen LogP contribution is 2.43. The first-order valence-corrected chi connectivity index (χ1v) is 36.3. The quantitative estimate of drug-likeness (QED) is 0.140. The summed E-state index contributed by atoms with van der Waals surface area (Å²) in [6.07, 6.45) is 0. The van der Waals surface area contributed by atoms with E-state index in [2.05, 4.69) is 402 Å². The molecule has 2 heterocycles. The fraction of sp³-hybridized carbons (Fsp3) is 0. The normalized spacial score (nSPS) is 11.3. The summed E-state index contributed by atoms with van der Waals surface area (Å²) in [6, 6.07) is 142. The molecule has 0 aliphatic rings. The van der Waals surface area contributed by atoms with Gasteiger partial charge in [0.15, 0.2) is 0 Å². The van der Waals surface area contributed by atoms with Crippen molar-refractivity contribution in [3.05, 3.63) is 405 Å². The second-order valence-electron chi connectivity index (χ2n) is 26.5. The van der Waals surface area contributed by atoms with Crippen molar-refractivity contribution in [1.82, 2.24) is 0 Å². The molecule has 0 fully saturated rings. The third-order valence-electron chi connectivity index (χ3n) is 20.1. The molecule has 20 rings (SSSR count). The maximum Gasteiger partial charge on any atom is 0.143 e. The molecule has 5 heteroatoms. The van der Waals surface area contributed by atoms with E-state index >= 15 is 0 Å². The Morgan fingerprint density at radius 2 is 0.514 bits per heavy atom. The lowest BCUT2D eigenvalue weighted by Crippen LogP contribution is -2.09. The van der Waals surface area contributed by atoms with Gasteiger partial charge in [0.1, 0.15) is 22.3 Å². The van der Waals surface area contributed by atoms with Crippen LogP contribution in [0.5, 0.6) is 0 Å². The van der Waals surface area contributed by atoms with Crippen LogP contribution in [0.25, 0.3) is 154 Å². The maximum absolute atomic E-state index is 6.38. The summed E-state index contributed by atoms with van der Waals surface area (Å²) in [4.78, 5) is 2.34. The predicted molar refractivity (Wildman–Crippen MR) is 449 cm³/mol. The van der Waals surface area contributed by atoms with Gasteiger partial charge in [0.25, 0.3) is 0 Å². The average molecular weight is 1410 g/mol. The highest BCUT2D eigenvalue weighted by atomic mass is 79.9. The molecule has 2 aromatic heterocycles. The zero-order chi connectivity index (χ0) is 70.0. The molecule has 4 nitrogen and oxygen atoms in total. The van der Waals surface area contributed by atoms with Crippen LogP contribution in [0.3, 0.4) is 0 Å². The number of halogens is 1. The molecule has 0 amide bonds. The number of fused-ring (bicyclic) bond motifs is 10. The van der Waals surface area contributed by atoms with Gasteiger partial charge in [-0.1, -0.05) is 331 Å². The SMILES string of the molecule is Brc1ccc2ccccc2c1.c1ccc2c(-c3ccc(-c4ccc(Nc5ccc(-c6cccc7c6oc6ccccc67)cc5)cc4)cc3)cccc2c1.c1ccc2cc(N(c3ccc(-c4ccc(-c5cccc6ccccc56)cc4)cc3)c3ccc(-c4cccc5c4oc4ccccc45)cc3)ccc2c1. The van der Waals surface area contributed by atoms with Crippen LogP contribution in [-0.2, 0) is 0 Å². The zero-order valence-electron chi connectivity index (χ0n) is 57.2. The average Bonchev–Trinajstić information content (AvgIpc) is 1.66. The minimum absolute atomic E-state index is 0.910. The van der Waals surface area contributed by atoms with Crippen LogP contribution in [0, 0.1) is 0 Å². The first-order chi connectivity index (χ1) is 51.9. The van der Waals surface area contributed by atoms with Crippen molar-refractivity contribution in [2.24, 2.45) is 0 Å². The van der Waals surface area contributed by atoms with Crippen molar-refractivity contribution in [2.75, 3.05) is 10.2 Å². The van der Waals surface area contributed by atoms with Crippen molar-refractivity contribution in [3.8, 4) is 66.8 Å². The maximum atomic E-state index is 6.38. The minimum Gasteiger partial charge on any atom is -0.455 e. The Morgan fingerprint density at radius 1 is 0.210 bits per heavy atom. The minimum atomic E-state index is 0.910. The molecule has 496 valence electrons. The van der Waals surface area contributed by atoms with Crippen molar-refractivity contribution >= 4 is 131 Å². The zero-order valence-corrected chi connectivity index (χ0v) is 58.8. The molecular weight excluding hydrogens is 1340 g/mol. The summed E-state index contributed by atoms with van der Waals surface area (Å²) in [5.41, 5.74) is 23.3. The Hall–Kier alpha value is -13.3. The second-order valence-corrected chi connectivity index (χ2v) is 27.4. The number of nitrogens with zero attached hydrogens (tertiary/aromatic N) is 1. The van der Waals surface area contributed by atoms with Gasteiger partial charge in [0.2, 0.25) is 0 Å².